The van der Waals surface area contributed by atoms with Gasteiger partial charge >= 0.3 is 0 Å². The van der Waals surface area contributed by atoms with Crippen molar-refractivity contribution in [3.8, 4) is 0 Å². The van der Waals surface area contributed by atoms with Crippen LogP contribution in [0.5, 0.6) is 0 Å². The zero-order valence-electron chi connectivity index (χ0n) is 5.76. The third-order valence-electron chi connectivity index (χ3n) is 1.10. The fourth-order valence-electron chi connectivity index (χ4n) is 0.316. The molecule has 0 rings (SSSR count). The van der Waals surface area contributed by atoms with E-state index in [0.29, 0.717) is 6.54 Å². The van der Waals surface area contributed by atoms with Crippen LogP contribution in [0.1, 0.15) is 0 Å². The van der Waals surface area contributed by atoms with E-state index in [2.05, 4.69) is 33.8 Å². The predicted octanol–water partition coefficient (Wildman–Crippen LogP) is -0.0928. The summed E-state index contributed by atoms with van der Waals surface area (Å²) in [5.74, 6) is 0. The van der Waals surface area contributed by atoms with Crippen LogP contribution >= 0.6 is 12.6 Å². The monoisotopic (exact) mass is 135 g/mol. The number of likely N-dealkylation sites (N-methyl/N-ethyl adjacent to an activating group) is 1. The quantitative estimate of drug-likeness (QED) is 0.309. The first kappa shape index (κ1) is 8.27. The number of nitrogens with zero attached hydrogens (tertiary/aromatic N) is 1. The lowest BCUT2D eigenvalue weighted by molar-refractivity contribution is -0.878. The van der Waals surface area contributed by atoms with Crippen LogP contribution in [0.2, 0.25) is 0 Å². The van der Waals surface area contributed by atoms with Gasteiger partial charge in [0.15, 0.2) is 0 Å². The zero-order chi connectivity index (χ0) is 6.78. The van der Waals surface area contributed by atoms with E-state index in [4.69, 9.17) is 5.73 Å². The van der Waals surface area contributed by atoms with Crippen LogP contribution in [-0.2, 0) is 0 Å². The van der Waals surface area contributed by atoms with Gasteiger partial charge in [-0.3, -0.25) is 0 Å². The molecule has 0 spiro atoms. The smallest absolute Gasteiger partial charge is 0.144 e. The maximum Gasteiger partial charge on any atom is 0.144 e. The maximum absolute atomic E-state index is 5.37. The van der Waals surface area contributed by atoms with Crippen molar-refractivity contribution in [1.29, 1.82) is 0 Å². The molecular formula is C5H15N2S+. The van der Waals surface area contributed by atoms with Crippen molar-refractivity contribution >= 4 is 12.6 Å². The fraction of sp³-hybridized carbons (Fsp3) is 1.00. The standard InChI is InChI=1S/C5H14N2S/c1-7(2,3)5(8)4-6/h5H,4,6H2,1-3H3/p+1. The number of hydrogen-bond donors (Lipinski definition) is 2. The van der Waals surface area contributed by atoms with E-state index < -0.39 is 0 Å². The Labute approximate surface area is 56.7 Å². The minimum absolute atomic E-state index is 0.259. The average Bonchev–Trinajstić information content (AvgIpc) is 1.62. The first-order valence-corrected chi connectivity index (χ1v) is 3.19. The summed E-state index contributed by atoms with van der Waals surface area (Å²) in [5, 5.41) is 0.259. The highest BCUT2D eigenvalue weighted by molar-refractivity contribution is 7.80. The molecule has 1 unspecified atom stereocenters. The first-order chi connectivity index (χ1) is 3.48. The van der Waals surface area contributed by atoms with Gasteiger partial charge < -0.3 is 10.2 Å². The lowest BCUT2D eigenvalue weighted by atomic mass is 10.5. The van der Waals surface area contributed by atoms with Crippen molar-refractivity contribution in [2.75, 3.05) is 27.7 Å². The largest absolute Gasteiger partial charge is 0.325 e. The van der Waals surface area contributed by atoms with Crippen molar-refractivity contribution in [2.24, 2.45) is 5.73 Å². The van der Waals surface area contributed by atoms with Crippen molar-refractivity contribution < 1.29 is 4.48 Å². The summed E-state index contributed by atoms with van der Waals surface area (Å²) < 4.78 is 0.819. The molecule has 0 aromatic carbocycles. The second kappa shape index (κ2) is 2.71. The van der Waals surface area contributed by atoms with E-state index in [1.54, 1.807) is 0 Å². The Bertz CT molecular complexity index is 67.3. The minimum Gasteiger partial charge on any atom is -0.325 e. The van der Waals surface area contributed by atoms with Gasteiger partial charge in [-0.2, -0.15) is 0 Å². The molecule has 3 heteroatoms. The molecule has 0 aromatic rings. The SMILES string of the molecule is C[N+](C)(C)C(S)CN. The number of thiol groups is 1. The molecular weight excluding hydrogens is 120 g/mol. The van der Waals surface area contributed by atoms with Crippen LogP contribution in [0.15, 0.2) is 0 Å². The Morgan fingerprint density at radius 2 is 1.88 bits per heavy atom. The molecule has 0 heterocycles. The topological polar surface area (TPSA) is 26.0 Å². The molecule has 1 atom stereocenters. The van der Waals surface area contributed by atoms with Crippen LogP contribution in [-0.4, -0.2) is 37.5 Å². The molecule has 0 aliphatic carbocycles. The number of quaternary nitrogens is 1. The van der Waals surface area contributed by atoms with Crippen LogP contribution < -0.4 is 5.73 Å². The Balaban J connectivity index is 3.62. The Kier molecular flexibility index (Phi) is 2.80. The van der Waals surface area contributed by atoms with Gasteiger partial charge in [-0.1, -0.05) is 0 Å². The lowest BCUT2D eigenvalue weighted by Gasteiger charge is -2.29. The van der Waals surface area contributed by atoms with E-state index in [0.717, 1.165) is 4.48 Å². The van der Waals surface area contributed by atoms with Gasteiger partial charge in [0.05, 0.1) is 27.7 Å². The van der Waals surface area contributed by atoms with Crippen LogP contribution in [0.4, 0.5) is 0 Å². The molecule has 0 aromatic heterocycles. The summed E-state index contributed by atoms with van der Waals surface area (Å²) in [7, 11) is 6.22. The molecule has 0 amide bonds. The van der Waals surface area contributed by atoms with E-state index in [1.165, 1.54) is 0 Å². The van der Waals surface area contributed by atoms with Crippen LogP contribution in [0, 0.1) is 0 Å². The molecule has 0 radical (unpaired) electrons. The zero-order valence-corrected chi connectivity index (χ0v) is 6.65. The fourth-order valence-corrected chi connectivity index (χ4v) is 0.316. The van der Waals surface area contributed by atoms with Crippen molar-refractivity contribution in [3.63, 3.8) is 0 Å². The summed E-state index contributed by atoms with van der Waals surface area (Å²) in [6.45, 7) is 0.632. The van der Waals surface area contributed by atoms with Crippen LogP contribution in [0.25, 0.3) is 0 Å². The second-order valence-electron chi connectivity index (χ2n) is 2.83. The predicted molar refractivity (Wildman–Crippen MR) is 39.9 cm³/mol. The van der Waals surface area contributed by atoms with Gasteiger partial charge in [-0.05, 0) is 0 Å². The molecule has 0 fully saturated rings. The van der Waals surface area contributed by atoms with Crippen molar-refractivity contribution in [1.82, 2.24) is 0 Å². The molecule has 0 aliphatic rings. The molecule has 8 heavy (non-hydrogen) atoms. The van der Waals surface area contributed by atoms with Gasteiger partial charge in [0.25, 0.3) is 0 Å². The first-order valence-electron chi connectivity index (χ1n) is 2.67. The molecule has 0 saturated carbocycles. The van der Waals surface area contributed by atoms with E-state index in [1.807, 2.05) is 0 Å². The molecule has 0 aliphatic heterocycles. The van der Waals surface area contributed by atoms with E-state index >= 15 is 0 Å². The second-order valence-corrected chi connectivity index (χ2v) is 3.43. The third kappa shape index (κ3) is 2.55. The number of hydrogen-bond acceptors (Lipinski definition) is 2. The minimum atomic E-state index is 0.259. The Hall–Kier alpha value is 0.270. The molecule has 2 nitrogen and oxygen atoms in total. The van der Waals surface area contributed by atoms with Gasteiger partial charge in [-0.15, -0.1) is 12.6 Å². The molecule has 50 valence electrons. The van der Waals surface area contributed by atoms with Gasteiger partial charge in [0.2, 0.25) is 0 Å². The highest BCUT2D eigenvalue weighted by Crippen LogP contribution is 2.03. The van der Waals surface area contributed by atoms with E-state index in [-0.39, 0.29) is 5.37 Å². The summed E-state index contributed by atoms with van der Waals surface area (Å²) in [6.07, 6.45) is 0. The van der Waals surface area contributed by atoms with Crippen LogP contribution in [0.3, 0.4) is 0 Å². The lowest BCUT2D eigenvalue weighted by Crippen LogP contribution is -2.45. The maximum atomic E-state index is 5.37. The summed E-state index contributed by atoms with van der Waals surface area (Å²) in [6, 6.07) is 0. The van der Waals surface area contributed by atoms with E-state index in [9.17, 15) is 0 Å². The average molecular weight is 135 g/mol. The van der Waals surface area contributed by atoms with Crippen molar-refractivity contribution in [3.05, 3.63) is 0 Å². The van der Waals surface area contributed by atoms with Gasteiger partial charge in [0.1, 0.15) is 5.37 Å². The normalized spacial score (nSPS) is 16.1. The highest BCUT2D eigenvalue weighted by atomic mass is 32.1. The molecule has 0 saturated heterocycles. The summed E-state index contributed by atoms with van der Waals surface area (Å²) >= 11 is 4.26. The Morgan fingerprint density at radius 1 is 1.50 bits per heavy atom. The molecule has 2 N–H and O–H groups in total. The Morgan fingerprint density at radius 3 is 1.88 bits per heavy atom. The van der Waals surface area contributed by atoms with Gasteiger partial charge in [0, 0.05) is 0 Å². The van der Waals surface area contributed by atoms with Gasteiger partial charge in [-0.25, -0.2) is 0 Å². The number of nitrogens with two attached hydrogens (primary N) is 1. The highest BCUT2D eigenvalue weighted by Gasteiger charge is 2.15. The summed E-state index contributed by atoms with van der Waals surface area (Å²) in [5.41, 5.74) is 5.37. The molecule has 0 bridgehead atoms. The summed E-state index contributed by atoms with van der Waals surface area (Å²) in [4.78, 5) is 0. The number of rotatable bonds is 2. The van der Waals surface area contributed by atoms with Crippen molar-refractivity contribution in [2.45, 2.75) is 5.37 Å². The third-order valence-corrected chi connectivity index (χ3v) is 2.01.